The van der Waals surface area contributed by atoms with Gasteiger partial charge in [-0.2, -0.15) is 13.2 Å². The number of rotatable bonds is 14. The smallest absolute Gasteiger partial charge is 0.422 e. The van der Waals surface area contributed by atoms with Crippen LogP contribution in [-0.2, 0) is 32.1 Å². The molecule has 4 aromatic rings. The summed E-state index contributed by atoms with van der Waals surface area (Å²) in [6.07, 6.45) is 4.74. The van der Waals surface area contributed by atoms with E-state index in [1.54, 1.807) is 30.3 Å². The van der Waals surface area contributed by atoms with E-state index in [-0.39, 0.29) is 17.4 Å². The van der Waals surface area contributed by atoms with Gasteiger partial charge in [-0.1, -0.05) is 87.2 Å². The Bertz CT molecular complexity index is 1410. The van der Waals surface area contributed by atoms with Gasteiger partial charge in [0.25, 0.3) is 0 Å². The molecule has 0 N–H and O–H groups in total. The van der Waals surface area contributed by atoms with Crippen LogP contribution >= 0.6 is 0 Å². The predicted octanol–water partition coefficient (Wildman–Crippen LogP) is 10.1. The fourth-order valence-corrected chi connectivity index (χ4v) is 5.09. The molecule has 0 bridgehead atoms. The highest BCUT2D eigenvalue weighted by Gasteiger charge is 2.28. The lowest BCUT2D eigenvalue weighted by atomic mass is 9.96. The van der Waals surface area contributed by atoms with Gasteiger partial charge in [0.2, 0.25) is 0 Å². The summed E-state index contributed by atoms with van der Waals surface area (Å²) < 4.78 is 71.7. The lowest BCUT2D eigenvalue weighted by molar-refractivity contribution is -0.153. The molecule has 0 aromatic heterocycles. The fraction of sp³-hybridized carbons (Fsp3) is 0.371. The molecule has 0 saturated carbocycles. The van der Waals surface area contributed by atoms with Gasteiger partial charge in [0.05, 0.1) is 0 Å². The second-order valence-corrected chi connectivity index (χ2v) is 10.7. The summed E-state index contributed by atoms with van der Waals surface area (Å²) in [4.78, 5) is 0. The Kier molecular flexibility index (Phi) is 10.8. The average molecular weight is 569 g/mol. The molecular weight excluding hydrogens is 531 g/mol. The zero-order chi connectivity index (χ0) is 29.2. The Balaban J connectivity index is 1.31. The third kappa shape index (κ3) is 9.31. The van der Waals surface area contributed by atoms with Crippen molar-refractivity contribution in [2.75, 3.05) is 6.61 Å². The number of halogens is 5. The van der Waals surface area contributed by atoms with E-state index >= 15 is 4.39 Å². The van der Waals surface area contributed by atoms with E-state index in [0.29, 0.717) is 42.2 Å². The van der Waals surface area contributed by atoms with Crippen molar-refractivity contribution in [3.63, 3.8) is 0 Å². The number of ether oxygens (including phenoxy) is 1. The van der Waals surface area contributed by atoms with E-state index in [1.165, 1.54) is 37.8 Å². The summed E-state index contributed by atoms with van der Waals surface area (Å²) in [5, 5.41) is 1.34. The van der Waals surface area contributed by atoms with Crippen molar-refractivity contribution in [3.8, 4) is 5.75 Å². The quantitative estimate of drug-likeness (QED) is 0.109. The normalized spacial score (nSPS) is 11.8. The first-order valence-electron chi connectivity index (χ1n) is 14.5. The second kappa shape index (κ2) is 14.5. The van der Waals surface area contributed by atoms with Crippen molar-refractivity contribution in [1.29, 1.82) is 0 Å². The monoisotopic (exact) mass is 568 g/mol. The maximum atomic E-state index is 15.3. The number of alkyl halides is 3. The Morgan fingerprint density at radius 3 is 1.98 bits per heavy atom. The SMILES string of the molecule is CCCCCCCc1ccc(CCc2ccc3c(F)c(CCc4ccc(OCC(F)(F)F)cc4)ccc3c2)c(F)c1. The molecule has 0 atom stereocenters. The first kappa shape index (κ1) is 30.5. The zero-order valence-electron chi connectivity index (χ0n) is 23.5. The van der Waals surface area contributed by atoms with Crippen LogP contribution in [0.15, 0.2) is 72.8 Å². The van der Waals surface area contributed by atoms with Crippen LogP contribution in [-0.4, -0.2) is 12.8 Å². The van der Waals surface area contributed by atoms with Crippen LogP contribution in [0.5, 0.6) is 5.75 Å². The van der Waals surface area contributed by atoms with Crippen molar-refractivity contribution < 1.29 is 26.7 Å². The van der Waals surface area contributed by atoms with Crippen LogP contribution < -0.4 is 4.74 Å². The first-order chi connectivity index (χ1) is 19.7. The molecule has 0 heterocycles. The van der Waals surface area contributed by atoms with Gasteiger partial charge in [0, 0.05) is 5.39 Å². The second-order valence-electron chi connectivity index (χ2n) is 10.7. The largest absolute Gasteiger partial charge is 0.484 e. The summed E-state index contributed by atoms with van der Waals surface area (Å²) in [5.74, 6) is -0.279. The fourth-order valence-electron chi connectivity index (χ4n) is 5.09. The lowest BCUT2D eigenvalue weighted by Gasteiger charge is -2.11. The van der Waals surface area contributed by atoms with Gasteiger partial charge in [0.15, 0.2) is 6.61 Å². The molecule has 4 rings (SSSR count). The molecule has 6 heteroatoms. The van der Waals surface area contributed by atoms with Crippen molar-refractivity contribution in [3.05, 3.63) is 112 Å². The summed E-state index contributed by atoms with van der Waals surface area (Å²) in [7, 11) is 0. The van der Waals surface area contributed by atoms with Crippen molar-refractivity contribution >= 4 is 10.8 Å². The van der Waals surface area contributed by atoms with Gasteiger partial charge in [-0.05, 0) is 89.9 Å². The van der Waals surface area contributed by atoms with Crippen molar-refractivity contribution in [2.45, 2.75) is 77.3 Å². The van der Waals surface area contributed by atoms with E-state index in [9.17, 15) is 17.6 Å². The van der Waals surface area contributed by atoms with Crippen LogP contribution in [0.1, 0.15) is 66.8 Å². The molecule has 0 aliphatic carbocycles. The molecule has 1 nitrogen and oxygen atoms in total. The Morgan fingerprint density at radius 1 is 0.610 bits per heavy atom. The van der Waals surface area contributed by atoms with Crippen LogP contribution in [0.3, 0.4) is 0 Å². The first-order valence-corrected chi connectivity index (χ1v) is 14.5. The van der Waals surface area contributed by atoms with Crippen LogP contribution in [0, 0.1) is 11.6 Å². The van der Waals surface area contributed by atoms with Gasteiger partial charge in [-0.3, -0.25) is 0 Å². The number of benzene rings is 4. The van der Waals surface area contributed by atoms with Gasteiger partial charge in [-0.25, -0.2) is 8.78 Å². The van der Waals surface area contributed by atoms with E-state index in [0.717, 1.165) is 34.9 Å². The minimum Gasteiger partial charge on any atom is -0.484 e. The number of hydrogen-bond acceptors (Lipinski definition) is 1. The molecule has 0 aliphatic heterocycles. The summed E-state index contributed by atoms with van der Waals surface area (Å²) in [6.45, 7) is 0.861. The van der Waals surface area contributed by atoms with Gasteiger partial charge in [-0.15, -0.1) is 0 Å². The molecule has 4 aromatic carbocycles. The molecule has 0 amide bonds. The Labute approximate surface area is 239 Å². The number of aryl methyl sites for hydroxylation is 5. The highest BCUT2D eigenvalue weighted by Crippen LogP contribution is 2.25. The minimum absolute atomic E-state index is 0.145. The molecule has 0 aliphatic rings. The van der Waals surface area contributed by atoms with Crippen LogP contribution in [0.2, 0.25) is 0 Å². The topological polar surface area (TPSA) is 9.23 Å². The van der Waals surface area contributed by atoms with Crippen LogP contribution in [0.4, 0.5) is 22.0 Å². The summed E-state index contributed by atoms with van der Waals surface area (Å²) in [6, 6.07) is 21.3. The third-order valence-corrected chi connectivity index (χ3v) is 7.48. The van der Waals surface area contributed by atoms with Crippen LogP contribution in [0.25, 0.3) is 10.8 Å². The molecule has 0 radical (unpaired) electrons. The number of fused-ring (bicyclic) bond motifs is 1. The lowest BCUT2D eigenvalue weighted by Crippen LogP contribution is -2.19. The van der Waals surface area contributed by atoms with Gasteiger partial charge < -0.3 is 4.74 Å². The van der Waals surface area contributed by atoms with Gasteiger partial charge >= 0.3 is 6.18 Å². The molecule has 0 spiro atoms. The number of unbranched alkanes of at least 4 members (excludes halogenated alkanes) is 4. The standard InChI is InChI=1S/C35H37F5O/c1-2-3-4-5-6-7-26-9-14-28(33(36)23-26)15-10-27-13-21-32-30(22-27)18-17-29(34(32)37)16-8-25-11-19-31(20-12-25)41-24-35(38,39)40/h9,11-14,17-23H,2-8,10,15-16,24H2,1H3. The Morgan fingerprint density at radius 2 is 1.24 bits per heavy atom. The molecule has 41 heavy (non-hydrogen) atoms. The highest BCUT2D eigenvalue weighted by atomic mass is 19.4. The molecule has 218 valence electrons. The zero-order valence-corrected chi connectivity index (χ0v) is 23.5. The Hall–Kier alpha value is -3.41. The summed E-state index contributed by atoms with van der Waals surface area (Å²) in [5.41, 5.74) is 4.23. The molecule has 0 saturated heterocycles. The van der Waals surface area contributed by atoms with Crippen molar-refractivity contribution in [1.82, 2.24) is 0 Å². The maximum Gasteiger partial charge on any atom is 0.422 e. The predicted molar refractivity (Wildman–Crippen MR) is 156 cm³/mol. The van der Waals surface area contributed by atoms with E-state index < -0.39 is 12.8 Å². The summed E-state index contributed by atoms with van der Waals surface area (Å²) >= 11 is 0. The van der Waals surface area contributed by atoms with E-state index in [2.05, 4.69) is 6.92 Å². The minimum atomic E-state index is -4.38. The number of hydrogen-bond donors (Lipinski definition) is 0. The maximum absolute atomic E-state index is 15.3. The molecule has 0 unspecified atom stereocenters. The van der Waals surface area contributed by atoms with Crippen molar-refractivity contribution in [2.24, 2.45) is 0 Å². The molecule has 0 fully saturated rings. The highest BCUT2D eigenvalue weighted by molar-refractivity contribution is 5.84. The average Bonchev–Trinajstić information content (AvgIpc) is 2.95. The molecular formula is C35H37F5O. The van der Waals surface area contributed by atoms with E-state index in [4.69, 9.17) is 4.74 Å². The third-order valence-electron chi connectivity index (χ3n) is 7.48. The van der Waals surface area contributed by atoms with Gasteiger partial charge in [0.1, 0.15) is 17.4 Å². The van der Waals surface area contributed by atoms with E-state index in [1.807, 2.05) is 30.3 Å².